The molecule has 0 fully saturated rings. The Balaban J connectivity index is 2.92. The maximum absolute atomic E-state index is 12.2. The minimum Gasteiger partial charge on any atom is -0.507 e. The van der Waals surface area contributed by atoms with Crippen LogP contribution in [0.5, 0.6) is 5.75 Å². The van der Waals surface area contributed by atoms with Crippen LogP contribution in [0.1, 0.15) is 29.3 Å². The Morgan fingerprint density at radius 3 is 2.76 bits per heavy atom. The fraction of sp³-hybridized carbons (Fsp3) is 0.462. The van der Waals surface area contributed by atoms with E-state index in [4.69, 9.17) is 5.73 Å². The van der Waals surface area contributed by atoms with E-state index >= 15 is 0 Å². The van der Waals surface area contributed by atoms with E-state index in [1.165, 1.54) is 0 Å². The van der Waals surface area contributed by atoms with Gasteiger partial charge >= 0.3 is 0 Å². The summed E-state index contributed by atoms with van der Waals surface area (Å²) in [7, 11) is 1.73. The first-order valence-corrected chi connectivity index (χ1v) is 5.74. The van der Waals surface area contributed by atoms with Crippen LogP contribution in [-0.2, 0) is 0 Å². The number of phenols is 1. The zero-order chi connectivity index (χ0) is 13.0. The van der Waals surface area contributed by atoms with E-state index in [0.29, 0.717) is 12.1 Å². The molecule has 1 aromatic rings. The van der Waals surface area contributed by atoms with Crippen LogP contribution in [0.25, 0.3) is 0 Å². The predicted molar refractivity (Wildman–Crippen MR) is 68.1 cm³/mol. The van der Waals surface area contributed by atoms with Crippen molar-refractivity contribution in [2.45, 2.75) is 26.3 Å². The number of carbonyl (C=O) groups is 1. The van der Waals surface area contributed by atoms with Gasteiger partial charge in [0.15, 0.2) is 0 Å². The molecule has 0 saturated heterocycles. The molecule has 0 saturated carbocycles. The maximum atomic E-state index is 12.2. The third-order valence-electron chi connectivity index (χ3n) is 2.95. The minimum atomic E-state index is -0.174. The third-order valence-corrected chi connectivity index (χ3v) is 2.95. The van der Waals surface area contributed by atoms with E-state index in [-0.39, 0.29) is 17.7 Å². The van der Waals surface area contributed by atoms with Crippen molar-refractivity contribution in [2.24, 2.45) is 5.73 Å². The number of benzene rings is 1. The smallest absolute Gasteiger partial charge is 0.257 e. The summed E-state index contributed by atoms with van der Waals surface area (Å²) in [4.78, 5) is 13.8. The van der Waals surface area contributed by atoms with Crippen LogP contribution in [0.4, 0.5) is 0 Å². The molecule has 4 heteroatoms. The van der Waals surface area contributed by atoms with Gasteiger partial charge in [-0.05, 0) is 38.9 Å². The number of nitrogens with two attached hydrogens (primary N) is 1. The second-order valence-electron chi connectivity index (χ2n) is 4.36. The summed E-state index contributed by atoms with van der Waals surface area (Å²) in [6.45, 7) is 4.37. The molecule has 0 bridgehead atoms. The maximum Gasteiger partial charge on any atom is 0.257 e. The Bertz CT molecular complexity index is 404. The van der Waals surface area contributed by atoms with E-state index in [9.17, 15) is 9.90 Å². The van der Waals surface area contributed by atoms with Crippen molar-refractivity contribution in [3.8, 4) is 5.75 Å². The first-order valence-electron chi connectivity index (χ1n) is 5.74. The fourth-order valence-electron chi connectivity index (χ4n) is 1.65. The van der Waals surface area contributed by atoms with Crippen LogP contribution in [0.2, 0.25) is 0 Å². The lowest BCUT2D eigenvalue weighted by Gasteiger charge is -2.25. The Morgan fingerprint density at radius 2 is 2.18 bits per heavy atom. The van der Waals surface area contributed by atoms with E-state index in [1.54, 1.807) is 30.1 Å². The van der Waals surface area contributed by atoms with Gasteiger partial charge in [0.1, 0.15) is 5.75 Å². The normalized spacial score (nSPS) is 12.2. The van der Waals surface area contributed by atoms with E-state index < -0.39 is 0 Å². The number of carbonyl (C=O) groups excluding carboxylic acids is 1. The summed E-state index contributed by atoms with van der Waals surface area (Å²) in [5.41, 5.74) is 6.77. The highest BCUT2D eigenvalue weighted by Gasteiger charge is 2.19. The Labute approximate surface area is 102 Å². The van der Waals surface area contributed by atoms with Crippen LogP contribution in [0.3, 0.4) is 0 Å². The lowest BCUT2D eigenvalue weighted by molar-refractivity contribution is 0.0736. The first kappa shape index (κ1) is 13.5. The van der Waals surface area contributed by atoms with Gasteiger partial charge in [0.05, 0.1) is 5.56 Å². The Morgan fingerprint density at radius 1 is 1.53 bits per heavy atom. The van der Waals surface area contributed by atoms with Crippen molar-refractivity contribution >= 4 is 5.91 Å². The summed E-state index contributed by atoms with van der Waals surface area (Å²) in [5.74, 6) is -0.153. The zero-order valence-corrected chi connectivity index (χ0v) is 10.6. The van der Waals surface area contributed by atoms with Crippen LogP contribution < -0.4 is 5.73 Å². The molecule has 0 aliphatic heterocycles. The summed E-state index contributed by atoms with van der Waals surface area (Å²) in [6.07, 6.45) is 0.745. The number of amides is 1. The molecule has 0 radical (unpaired) electrons. The monoisotopic (exact) mass is 236 g/mol. The molecule has 3 N–H and O–H groups in total. The minimum absolute atomic E-state index is 0.0207. The van der Waals surface area contributed by atoms with Gasteiger partial charge in [-0.3, -0.25) is 4.79 Å². The van der Waals surface area contributed by atoms with Gasteiger partial charge in [0.2, 0.25) is 0 Å². The van der Waals surface area contributed by atoms with Gasteiger partial charge in [-0.15, -0.1) is 0 Å². The molecule has 1 aromatic carbocycles. The Hall–Kier alpha value is -1.55. The molecule has 1 rings (SSSR count). The second kappa shape index (κ2) is 5.68. The molecule has 0 spiro atoms. The summed E-state index contributed by atoms with van der Waals surface area (Å²) < 4.78 is 0. The molecule has 1 amide bonds. The number of rotatable bonds is 4. The van der Waals surface area contributed by atoms with Crippen molar-refractivity contribution in [1.82, 2.24) is 4.90 Å². The lowest BCUT2D eigenvalue weighted by Crippen LogP contribution is -2.36. The largest absolute Gasteiger partial charge is 0.507 e. The first-order chi connectivity index (χ1) is 7.97. The molecule has 17 heavy (non-hydrogen) atoms. The standard InChI is InChI=1S/C13H20N2O2/c1-9-4-5-12(16)11(8-9)13(17)15(3)10(2)6-7-14/h4-5,8,10,16H,6-7,14H2,1-3H3. The SMILES string of the molecule is Cc1ccc(O)c(C(=O)N(C)C(C)CCN)c1. The van der Waals surface area contributed by atoms with E-state index in [2.05, 4.69) is 0 Å². The molecular formula is C13H20N2O2. The number of hydrogen-bond acceptors (Lipinski definition) is 3. The molecule has 0 heterocycles. The molecule has 94 valence electrons. The molecular weight excluding hydrogens is 216 g/mol. The average Bonchev–Trinajstić information content (AvgIpc) is 2.30. The predicted octanol–water partition coefficient (Wildman–Crippen LogP) is 1.51. The van der Waals surface area contributed by atoms with Gasteiger partial charge in [0.25, 0.3) is 5.91 Å². The number of nitrogens with zero attached hydrogens (tertiary/aromatic N) is 1. The quantitative estimate of drug-likeness (QED) is 0.832. The van der Waals surface area contributed by atoms with Crippen LogP contribution in [-0.4, -0.2) is 35.5 Å². The summed E-state index contributed by atoms with van der Waals surface area (Å²) >= 11 is 0. The third kappa shape index (κ3) is 3.20. The molecule has 0 aromatic heterocycles. The molecule has 0 aliphatic carbocycles. The van der Waals surface area contributed by atoms with Crippen LogP contribution in [0.15, 0.2) is 18.2 Å². The number of phenolic OH excluding ortho intramolecular Hbond substituents is 1. The highest BCUT2D eigenvalue weighted by atomic mass is 16.3. The van der Waals surface area contributed by atoms with Crippen molar-refractivity contribution < 1.29 is 9.90 Å². The number of aryl methyl sites for hydroxylation is 1. The van der Waals surface area contributed by atoms with E-state index in [1.807, 2.05) is 13.8 Å². The number of aromatic hydroxyl groups is 1. The zero-order valence-electron chi connectivity index (χ0n) is 10.6. The van der Waals surface area contributed by atoms with Crippen molar-refractivity contribution in [3.63, 3.8) is 0 Å². The number of hydrogen-bond donors (Lipinski definition) is 2. The highest BCUT2D eigenvalue weighted by molar-refractivity contribution is 5.97. The summed E-state index contributed by atoms with van der Waals surface area (Å²) in [5, 5.41) is 9.69. The topological polar surface area (TPSA) is 66.6 Å². The summed E-state index contributed by atoms with van der Waals surface area (Å²) in [6, 6.07) is 5.08. The van der Waals surface area contributed by atoms with Crippen LogP contribution in [0, 0.1) is 6.92 Å². The highest BCUT2D eigenvalue weighted by Crippen LogP contribution is 2.20. The molecule has 0 aliphatic rings. The molecule has 4 nitrogen and oxygen atoms in total. The van der Waals surface area contributed by atoms with Crippen LogP contribution >= 0.6 is 0 Å². The lowest BCUT2D eigenvalue weighted by atomic mass is 10.1. The second-order valence-corrected chi connectivity index (χ2v) is 4.36. The average molecular weight is 236 g/mol. The van der Waals surface area contributed by atoms with Crippen molar-refractivity contribution in [1.29, 1.82) is 0 Å². The van der Waals surface area contributed by atoms with Gasteiger partial charge in [-0.1, -0.05) is 11.6 Å². The van der Waals surface area contributed by atoms with Gasteiger partial charge < -0.3 is 15.7 Å². The molecule has 1 atom stereocenters. The van der Waals surface area contributed by atoms with E-state index in [0.717, 1.165) is 12.0 Å². The van der Waals surface area contributed by atoms with Crippen molar-refractivity contribution in [2.75, 3.05) is 13.6 Å². The van der Waals surface area contributed by atoms with Crippen molar-refractivity contribution in [3.05, 3.63) is 29.3 Å². The van der Waals surface area contributed by atoms with Gasteiger partial charge in [0, 0.05) is 13.1 Å². The fourth-order valence-corrected chi connectivity index (χ4v) is 1.65. The Kier molecular flexibility index (Phi) is 4.52. The van der Waals surface area contributed by atoms with Gasteiger partial charge in [-0.25, -0.2) is 0 Å². The molecule has 1 unspecified atom stereocenters. The van der Waals surface area contributed by atoms with Gasteiger partial charge in [-0.2, -0.15) is 0 Å².